The van der Waals surface area contributed by atoms with Crippen molar-refractivity contribution in [1.29, 1.82) is 0 Å². The van der Waals surface area contributed by atoms with Crippen LogP contribution in [-0.4, -0.2) is 22.5 Å². The number of rotatable bonds is 6. The highest BCUT2D eigenvalue weighted by molar-refractivity contribution is 6.62. The van der Waals surface area contributed by atoms with E-state index in [1.54, 1.807) is 0 Å². The fourth-order valence-electron chi connectivity index (χ4n) is 1.32. The summed E-state index contributed by atoms with van der Waals surface area (Å²) in [6.45, 7) is 9.13. The van der Waals surface area contributed by atoms with Crippen molar-refractivity contribution in [3.8, 4) is 0 Å². The van der Waals surface area contributed by atoms with Gasteiger partial charge in [-0.1, -0.05) is 36.9 Å². The summed E-state index contributed by atoms with van der Waals surface area (Å²) in [5.74, 6) is 0. The molecule has 0 aliphatic rings. The first-order chi connectivity index (χ1) is 7.33. The van der Waals surface area contributed by atoms with E-state index in [4.69, 9.17) is 8.85 Å². The van der Waals surface area contributed by atoms with Crippen molar-refractivity contribution in [2.45, 2.75) is 13.8 Å². The molecule has 3 heteroatoms. The summed E-state index contributed by atoms with van der Waals surface area (Å²) in [5, 5.41) is 1.14. The van der Waals surface area contributed by atoms with E-state index in [0.29, 0.717) is 13.2 Å². The summed E-state index contributed by atoms with van der Waals surface area (Å²) >= 11 is 0. The molecule has 0 bridgehead atoms. The zero-order valence-electron chi connectivity index (χ0n) is 9.32. The minimum atomic E-state index is -1.34. The molecule has 1 rings (SSSR count). The lowest BCUT2D eigenvalue weighted by Crippen LogP contribution is -2.38. The fourth-order valence-corrected chi connectivity index (χ4v) is 2.89. The molecular weight excluding hydrogens is 204 g/mol. The Morgan fingerprint density at radius 1 is 1.20 bits per heavy atom. The van der Waals surface area contributed by atoms with Crippen molar-refractivity contribution in [2.24, 2.45) is 0 Å². The molecule has 1 aromatic carbocycles. The zero-order chi connectivity index (χ0) is 11.1. The Balaban J connectivity index is 2.92. The minimum absolute atomic E-state index is 0.680. The van der Waals surface area contributed by atoms with Gasteiger partial charge >= 0.3 is 9.28 Å². The SMILES string of the molecule is C=Cc1ccccc1[Si](OCC)OCC. The topological polar surface area (TPSA) is 18.5 Å². The monoisotopic (exact) mass is 221 g/mol. The molecule has 1 radical (unpaired) electrons. The maximum atomic E-state index is 5.64. The van der Waals surface area contributed by atoms with E-state index >= 15 is 0 Å². The highest BCUT2D eigenvalue weighted by Crippen LogP contribution is 2.02. The van der Waals surface area contributed by atoms with Crippen LogP contribution in [0.25, 0.3) is 6.08 Å². The lowest BCUT2D eigenvalue weighted by molar-refractivity contribution is 0.225. The molecule has 0 heterocycles. The van der Waals surface area contributed by atoms with Gasteiger partial charge in [-0.25, -0.2) is 0 Å². The Bertz CT molecular complexity index is 306. The average molecular weight is 221 g/mol. The van der Waals surface area contributed by atoms with Gasteiger partial charge in [-0.05, 0) is 19.4 Å². The van der Waals surface area contributed by atoms with Gasteiger partial charge in [0.2, 0.25) is 0 Å². The summed E-state index contributed by atoms with van der Waals surface area (Å²) in [6, 6.07) is 8.09. The van der Waals surface area contributed by atoms with Crippen LogP contribution in [0.1, 0.15) is 19.4 Å². The molecule has 0 saturated carbocycles. The van der Waals surface area contributed by atoms with Crippen LogP contribution in [0, 0.1) is 0 Å². The lowest BCUT2D eigenvalue weighted by atomic mass is 10.2. The second kappa shape index (κ2) is 6.56. The molecule has 0 N–H and O–H groups in total. The molecule has 0 atom stereocenters. The molecule has 1 aromatic rings. The van der Waals surface area contributed by atoms with Crippen LogP contribution < -0.4 is 5.19 Å². The third-order valence-electron chi connectivity index (χ3n) is 1.95. The Morgan fingerprint density at radius 2 is 1.80 bits per heavy atom. The van der Waals surface area contributed by atoms with Gasteiger partial charge in [-0.15, -0.1) is 0 Å². The van der Waals surface area contributed by atoms with Crippen LogP contribution in [0.15, 0.2) is 30.8 Å². The third-order valence-corrected chi connectivity index (χ3v) is 3.95. The van der Waals surface area contributed by atoms with E-state index in [2.05, 4.69) is 12.6 Å². The molecule has 0 unspecified atom stereocenters. The number of hydrogen-bond acceptors (Lipinski definition) is 2. The van der Waals surface area contributed by atoms with Gasteiger partial charge in [0.15, 0.2) is 0 Å². The van der Waals surface area contributed by atoms with E-state index in [1.165, 1.54) is 0 Å². The van der Waals surface area contributed by atoms with Gasteiger partial charge in [-0.2, -0.15) is 0 Å². The molecule has 0 aromatic heterocycles. The van der Waals surface area contributed by atoms with E-state index in [9.17, 15) is 0 Å². The average Bonchev–Trinajstić information content (AvgIpc) is 2.29. The molecule has 0 aliphatic carbocycles. The predicted molar refractivity (Wildman–Crippen MR) is 65.2 cm³/mol. The highest BCUT2D eigenvalue weighted by atomic mass is 28.3. The minimum Gasteiger partial charge on any atom is -0.390 e. The Labute approximate surface area is 93.4 Å². The van der Waals surface area contributed by atoms with Gasteiger partial charge in [0.05, 0.1) is 0 Å². The van der Waals surface area contributed by atoms with Gasteiger partial charge in [0.1, 0.15) is 0 Å². The Morgan fingerprint density at radius 3 is 2.33 bits per heavy atom. The first-order valence-electron chi connectivity index (χ1n) is 5.17. The maximum absolute atomic E-state index is 5.64. The van der Waals surface area contributed by atoms with E-state index < -0.39 is 9.28 Å². The molecule has 15 heavy (non-hydrogen) atoms. The Kier molecular flexibility index (Phi) is 5.32. The van der Waals surface area contributed by atoms with Gasteiger partial charge in [0, 0.05) is 18.4 Å². The first-order valence-corrected chi connectivity index (χ1v) is 6.49. The molecule has 0 amide bonds. The predicted octanol–water partition coefficient (Wildman–Crippen LogP) is 2.10. The van der Waals surface area contributed by atoms with Crippen LogP contribution in [0.2, 0.25) is 0 Å². The first kappa shape index (κ1) is 12.2. The number of benzene rings is 1. The van der Waals surface area contributed by atoms with Crippen LogP contribution >= 0.6 is 0 Å². The van der Waals surface area contributed by atoms with Crippen LogP contribution in [0.5, 0.6) is 0 Å². The van der Waals surface area contributed by atoms with Crippen molar-refractivity contribution >= 4 is 20.5 Å². The van der Waals surface area contributed by atoms with Crippen molar-refractivity contribution in [3.05, 3.63) is 36.4 Å². The molecular formula is C12H17O2Si. The van der Waals surface area contributed by atoms with E-state index in [-0.39, 0.29) is 0 Å². The van der Waals surface area contributed by atoms with Crippen LogP contribution in [-0.2, 0) is 8.85 Å². The molecule has 81 valence electrons. The second-order valence-electron chi connectivity index (χ2n) is 2.94. The fraction of sp³-hybridized carbons (Fsp3) is 0.333. The molecule has 0 fully saturated rings. The van der Waals surface area contributed by atoms with E-state index in [1.807, 2.05) is 38.1 Å². The van der Waals surface area contributed by atoms with Gasteiger partial charge in [0.25, 0.3) is 0 Å². The van der Waals surface area contributed by atoms with Crippen molar-refractivity contribution in [2.75, 3.05) is 13.2 Å². The summed E-state index contributed by atoms with van der Waals surface area (Å²) in [6.07, 6.45) is 1.85. The lowest BCUT2D eigenvalue weighted by Gasteiger charge is -2.15. The Hall–Kier alpha value is -0.903. The van der Waals surface area contributed by atoms with Crippen molar-refractivity contribution in [3.63, 3.8) is 0 Å². The van der Waals surface area contributed by atoms with Crippen LogP contribution in [0.3, 0.4) is 0 Å². The third kappa shape index (κ3) is 3.30. The molecule has 0 spiro atoms. The summed E-state index contributed by atoms with van der Waals surface area (Å²) in [4.78, 5) is 0. The van der Waals surface area contributed by atoms with Gasteiger partial charge < -0.3 is 8.85 Å². The smallest absolute Gasteiger partial charge is 0.390 e. The largest absolute Gasteiger partial charge is 0.424 e. The quantitative estimate of drug-likeness (QED) is 0.685. The van der Waals surface area contributed by atoms with Crippen molar-refractivity contribution < 1.29 is 8.85 Å². The normalized spacial score (nSPS) is 10.6. The summed E-state index contributed by atoms with van der Waals surface area (Å²) < 4.78 is 11.3. The maximum Gasteiger partial charge on any atom is 0.424 e. The molecule has 0 saturated heterocycles. The van der Waals surface area contributed by atoms with E-state index in [0.717, 1.165) is 10.8 Å². The van der Waals surface area contributed by atoms with Crippen molar-refractivity contribution in [1.82, 2.24) is 0 Å². The molecule has 2 nitrogen and oxygen atoms in total. The summed E-state index contributed by atoms with van der Waals surface area (Å²) in [5.41, 5.74) is 1.10. The molecule has 0 aliphatic heterocycles. The van der Waals surface area contributed by atoms with Gasteiger partial charge in [-0.3, -0.25) is 0 Å². The summed E-state index contributed by atoms with van der Waals surface area (Å²) in [7, 11) is -1.34. The highest BCUT2D eigenvalue weighted by Gasteiger charge is 2.19. The second-order valence-corrected chi connectivity index (χ2v) is 4.64. The zero-order valence-corrected chi connectivity index (χ0v) is 10.3. The number of hydrogen-bond donors (Lipinski definition) is 0. The standard InChI is InChI=1S/C12H17O2Si/c1-4-11-9-7-8-10-12(11)15(13-5-2)14-6-3/h4,7-10H,1,5-6H2,2-3H3. The van der Waals surface area contributed by atoms with Crippen LogP contribution in [0.4, 0.5) is 0 Å².